The van der Waals surface area contributed by atoms with Crippen LogP contribution < -0.4 is 11.1 Å². The summed E-state index contributed by atoms with van der Waals surface area (Å²) in [7, 11) is -14.4. The van der Waals surface area contributed by atoms with Crippen LogP contribution in [-0.2, 0) is 36.3 Å². The van der Waals surface area contributed by atoms with Crippen LogP contribution in [0.3, 0.4) is 0 Å². The summed E-state index contributed by atoms with van der Waals surface area (Å²) in [5.74, 6) is -1.26. The van der Waals surface area contributed by atoms with Crippen molar-refractivity contribution in [2.75, 3.05) is 19.8 Å². The van der Waals surface area contributed by atoms with E-state index in [1.165, 1.54) is 27.7 Å². The van der Waals surface area contributed by atoms with E-state index in [1.54, 1.807) is 38.8 Å². The lowest BCUT2D eigenvalue weighted by atomic mass is 9.79. The summed E-state index contributed by atoms with van der Waals surface area (Å²) in [5.41, 5.74) is -1.69. The first-order valence-corrected chi connectivity index (χ1v) is 19.0. The van der Waals surface area contributed by atoms with E-state index in [-0.39, 0.29) is 44.1 Å². The van der Waals surface area contributed by atoms with Crippen molar-refractivity contribution in [1.29, 1.82) is 0 Å². The van der Waals surface area contributed by atoms with Crippen LogP contribution in [0.4, 0.5) is 8.96 Å². The smallest absolute Gasteiger partial charge is 0.303 e. The molecule has 6 atom stereocenters. The first-order chi connectivity index (χ1) is 19.7. The molecule has 0 aromatic carbocycles. The maximum atomic E-state index is 13.4. The Hall–Kier alpha value is 0.110. The molecule has 19 heteroatoms. The molecule has 0 aliphatic carbocycles. The molecule has 14 nitrogen and oxygen atoms in total. The Balaban J connectivity index is 5.55. The molecule has 0 rings (SSSR count). The molecule has 0 aliphatic heterocycles. The van der Waals surface area contributed by atoms with Gasteiger partial charge in [-0.3, -0.25) is 22.6 Å². The van der Waals surface area contributed by atoms with Crippen molar-refractivity contribution in [3.05, 3.63) is 0 Å². The van der Waals surface area contributed by atoms with Crippen LogP contribution >= 0.6 is 23.5 Å². The van der Waals surface area contributed by atoms with Crippen LogP contribution in [0.15, 0.2) is 0 Å². The average Bonchev–Trinajstić information content (AvgIpc) is 2.87. The van der Waals surface area contributed by atoms with Crippen molar-refractivity contribution in [2.24, 2.45) is 17.8 Å². The average molecular weight is 707 g/mol. The van der Waals surface area contributed by atoms with Gasteiger partial charge in [0, 0.05) is 23.4 Å². The van der Waals surface area contributed by atoms with Crippen LogP contribution in [0.25, 0.3) is 0 Å². The standard InChI is InChI=1S/C25H55F2N2O12P3/c1-11-24(9,40-44(35,36)39-17-20(19(3)4)15-22(5,6)28-26)13-14-37-43(33,34)41-25(10,12-2)21(16-23(7,8)29-27)18-38-42(30,31)32/h19-21,28-29H,11-18H2,1-10H3,(H,33,34)(H,35,36)(H2,30,31,32). The fourth-order valence-corrected chi connectivity index (χ4v) is 7.11. The number of rotatable bonds is 24. The first-order valence-electron chi connectivity index (χ1n) is 14.5. The van der Waals surface area contributed by atoms with Gasteiger partial charge in [-0.15, -0.1) is 8.96 Å². The zero-order valence-corrected chi connectivity index (χ0v) is 30.2. The molecule has 0 amide bonds. The fourth-order valence-electron chi connectivity index (χ4n) is 4.35. The number of phosphoric acid groups is 3. The van der Waals surface area contributed by atoms with Gasteiger partial charge in [0.05, 0.1) is 31.0 Å². The molecule has 0 saturated heterocycles. The lowest BCUT2D eigenvalue weighted by Gasteiger charge is -2.40. The molecule has 0 spiro atoms. The molecule has 0 bridgehead atoms. The predicted octanol–water partition coefficient (Wildman–Crippen LogP) is 6.26. The van der Waals surface area contributed by atoms with E-state index in [2.05, 4.69) is 4.52 Å². The fraction of sp³-hybridized carbons (Fsp3) is 1.00. The van der Waals surface area contributed by atoms with E-state index in [0.717, 1.165) is 0 Å². The van der Waals surface area contributed by atoms with Crippen LogP contribution in [0.5, 0.6) is 0 Å². The van der Waals surface area contributed by atoms with Gasteiger partial charge in [-0.25, -0.2) is 13.7 Å². The monoisotopic (exact) mass is 706 g/mol. The number of nitrogens with one attached hydrogen (secondary N) is 2. The quantitative estimate of drug-likeness (QED) is 0.0485. The predicted molar refractivity (Wildman–Crippen MR) is 161 cm³/mol. The first kappa shape index (κ1) is 44.1. The molecular formula is C25H55F2N2O12P3. The number of phosphoric ester groups is 3. The van der Waals surface area contributed by atoms with Crippen molar-refractivity contribution in [2.45, 2.75) is 124 Å². The highest BCUT2D eigenvalue weighted by molar-refractivity contribution is 7.47. The Labute approximate surface area is 260 Å². The van der Waals surface area contributed by atoms with Gasteiger partial charge >= 0.3 is 23.5 Å². The third-order valence-corrected chi connectivity index (χ3v) is 10.5. The molecule has 0 aromatic heterocycles. The zero-order chi connectivity index (χ0) is 34.8. The number of halogens is 2. The Morgan fingerprint density at radius 1 is 0.727 bits per heavy atom. The molecular weight excluding hydrogens is 651 g/mol. The van der Waals surface area contributed by atoms with Gasteiger partial charge in [0.1, 0.15) is 0 Å². The maximum Gasteiger partial charge on any atom is 0.472 e. The summed E-state index contributed by atoms with van der Waals surface area (Å²) in [6.45, 7) is 14.9. The minimum atomic E-state index is -4.93. The zero-order valence-electron chi connectivity index (χ0n) is 27.5. The van der Waals surface area contributed by atoms with Gasteiger partial charge in [-0.1, -0.05) is 27.7 Å². The molecule has 44 heavy (non-hydrogen) atoms. The molecule has 0 radical (unpaired) electrons. The second-order valence-electron chi connectivity index (χ2n) is 13.3. The number of hydrogen-bond acceptors (Lipinski definition) is 10. The largest absolute Gasteiger partial charge is 0.472 e. The van der Waals surface area contributed by atoms with Gasteiger partial charge < -0.3 is 19.6 Å². The van der Waals surface area contributed by atoms with Gasteiger partial charge in [0.25, 0.3) is 0 Å². The Bertz CT molecular complexity index is 1020. The highest BCUT2D eigenvalue weighted by atomic mass is 31.2. The SMILES string of the molecule is CCC(C)(CCOP(=O)(O)OC(C)(CC)C(COP(=O)(O)O)CC(C)(C)NF)OP(=O)(O)OCC(CC(C)(C)NF)C(C)C. The lowest BCUT2D eigenvalue weighted by molar-refractivity contribution is -0.0479. The highest BCUT2D eigenvalue weighted by Gasteiger charge is 2.44. The summed E-state index contributed by atoms with van der Waals surface area (Å²) in [6, 6.07) is 0. The molecule has 6 N–H and O–H groups in total. The van der Waals surface area contributed by atoms with Crippen LogP contribution in [0.1, 0.15) is 101 Å². The summed E-state index contributed by atoms with van der Waals surface area (Å²) in [4.78, 5) is 39.4. The Morgan fingerprint density at radius 2 is 1.23 bits per heavy atom. The third kappa shape index (κ3) is 17.3. The van der Waals surface area contributed by atoms with Crippen molar-refractivity contribution < 1.29 is 64.9 Å². The van der Waals surface area contributed by atoms with E-state index in [1.807, 2.05) is 13.8 Å². The van der Waals surface area contributed by atoms with Crippen molar-refractivity contribution in [1.82, 2.24) is 11.1 Å². The summed E-state index contributed by atoms with van der Waals surface area (Å²) in [6.07, 6.45) is 0.309. The normalized spacial score (nSPS) is 20.4. The van der Waals surface area contributed by atoms with Gasteiger partial charge in [0.15, 0.2) is 0 Å². The lowest BCUT2D eigenvalue weighted by Crippen LogP contribution is -2.46. The van der Waals surface area contributed by atoms with Crippen LogP contribution in [0.2, 0.25) is 0 Å². The molecule has 0 saturated carbocycles. The topological polar surface area (TPSA) is 202 Å². The molecule has 6 unspecified atom stereocenters. The second-order valence-corrected chi connectivity index (χ2v) is 17.3. The minimum absolute atomic E-state index is 0.00310. The van der Waals surface area contributed by atoms with Gasteiger partial charge in [-0.05, 0) is 79.1 Å². The highest BCUT2D eigenvalue weighted by Crippen LogP contribution is 2.53. The maximum absolute atomic E-state index is 13.4. The second kappa shape index (κ2) is 17.5. The molecule has 0 aliphatic rings. The van der Waals surface area contributed by atoms with Crippen LogP contribution in [0, 0.1) is 17.8 Å². The van der Waals surface area contributed by atoms with Crippen LogP contribution in [-0.4, -0.2) is 61.7 Å². The summed E-state index contributed by atoms with van der Waals surface area (Å²) >= 11 is 0. The molecule has 0 aromatic rings. The van der Waals surface area contributed by atoms with Crippen molar-refractivity contribution in [3.8, 4) is 0 Å². The Morgan fingerprint density at radius 3 is 1.66 bits per heavy atom. The molecule has 266 valence electrons. The van der Waals surface area contributed by atoms with E-state index < -0.39 is 64.9 Å². The third-order valence-electron chi connectivity index (χ3n) is 7.74. The molecule has 0 fully saturated rings. The van der Waals surface area contributed by atoms with Gasteiger partial charge in [-0.2, -0.15) is 11.1 Å². The van der Waals surface area contributed by atoms with E-state index in [4.69, 9.17) is 18.1 Å². The molecule has 0 heterocycles. The summed E-state index contributed by atoms with van der Waals surface area (Å²) in [5, 5.41) is 0. The van der Waals surface area contributed by atoms with Crippen molar-refractivity contribution >= 4 is 23.5 Å². The minimum Gasteiger partial charge on any atom is -0.303 e. The Kier molecular flexibility index (Phi) is 17.5. The van der Waals surface area contributed by atoms with Gasteiger partial charge in [0.2, 0.25) is 0 Å². The summed E-state index contributed by atoms with van der Waals surface area (Å²) < 4.78 is 89.6. The number of hydrogen-bond donors (Lipinski definition) is 6. The van der Waals surface area contributed by atoms with E-state index >= 15 is 0 Å². The van der Waals surface area contributed by atoms with E-state index in [9.17, 15) is 42.2 Å². The van der Waals surface area contributed by atoms with E-state index in [0.29, 0.717) is 6.42 Å². The van der Waals surface area contributed by atoms with Crippen molar-refractivity contribution in [3.63, 3.8) is 0 Å².